The maximum absolute atomic E-state index is 12.1. The molecule has 1 aromatic heterocycles. The lowest BCUT2D eigenvalue weighted by Gasteiger charge is -2.29. The van der Waals surface area contributed by atoms with Crippen LogP contribution >= 0.6 is 0 Å². The Kier molecular flexibility index (Phi) is 7.28. The smallest absolute Gasteiger partial charge is 0.315 e. The third kappa shape index (κ3) is 6.39. The summed E-state index contributed by atoms with van der Waals surface area (Å²) in [5, 5.41) is 14.8. The van der Waals surface area contributed by atoms with Gasteiger partial charge in [0.15, 0.2) is 0 Å². The fourth-order valence-electron chi connectivity index (χ4n) is 3.36. The van der Waals surface area contributed by atoms with Crippen molar-refractivity contribution in [1.29, 1.82) is 5.26 Å². The Morgan fingerprint density at radius 2 is 1.93 bits per heavy atom. The average molecular weight is 394 g/mol. The number of methoxy groups -OCH3 is 1. The van der Waals surface area contributed by atoms with Crippen molar-refractivity contribution in [3.05, 3.63) is 53.7 Å². The fraction of sp³-hybridized carbons (Fsp3) is 0.409. The molecule has 2 N–H and O–H groups in total. The molecule has 0 radical (unpaired) electrons. The number of rotatable bonds is 7. The molecule has 0 saturated heterocycles. The van der Waals surface area contributed by atoms with Gasteiger partial charge in [-0.05, 0) is 55.9 Å². The summed E-state index contributed by atoms with van der Waals surface area (Å²) in [6.45, 7) is 0.584. The highest BCUT2D eigenvalue weighted by atomic mass is 16.5. The molecule has 1 aliphatic rings. The second kappa shape index (κ2) is 10.3. The van der Waals surface area contributed by atoms with Gasteiger partial charge >= 0.3 is 6.03 Å². The van der Waals surface area contributed by atoms with Gasteiger partial charge in [-0.25, -0.2) is 9.78 Å². The molecule has 1 aromatic carbocycles. The molecule has 1 heterocycles. The minimum atomic E-state index is -0.128. The van der Waals surface area contributed by atoms with Gasteiger partial charge in [-0.15, -0.1) is 0 Å². The van der Waals surface area contributed by atoms with Crippen LogP contribution in [0, 0.1) is 11.3 Å². The van der Waals surface area contributed by atoms with Gasteiger partial charge in [-0.3, -0.25) is 0 Å². The predicted molar refractivity (Wildman–Crippen MR) is 109 cm³/mol. The lowest BCUT2D eigenvalue weighted by Crippen LogP contribution is -2.45. The van der Waals surface area contributed by atoms with Crippen LogP contribution in [0.1, 0.15) is 36.8 Å². The first-order valence-electron chi connectivity index (χ1n) is 9.86. The quantitative estimate of drug-likeness (QED) is 0.752. The van der Waals surface area contributed by atoms with E-state index in [0.29, 0.717) is 18.0 Å². The lowest BCUT2D eigenvalue weighted by molar-refractivity contribution is 0.135. The van der Waals surface area contributed by atoms with E-state index in [1.54, 1.807) is 19.2 Å². The number of nitrogens with one attached hydrogen (secondary N) is 2. The SMILES string of the molecule is COc1ccc(CCNC(=O)NC2CCC(Oc3ccc(C#N)cn3)CC2)cc1. The Bertz CT molecular complexity index is 823. The van der Waals surface area contributed by atoms with Gasteiger partial charge < -0.3 is 20.1 Å². The first-order chi connectivity index (χ1) is 14.2. The van der Waals surface area contributed by atoms with Crippen LogP contribution in [0.15, 0.2) is 42.6 Å². The molecule has 152 valence electrons. The number of nitrogens with zero attached hydrogens (tertiary/aromatic N) is 2. The van der Waals surface area contributed by atoms with Crippen LogP contribution < -0.4 is 20.1 Å². The van der Waals surface area contributed by atoms with E-state index in [-0.39, 0.29) is 18.2 Å². The summed E-state index contributed by atoms with van der Waals surface area (Å²) in [4.78, 5) is 16.3. The summed E-state index contributed by atoms with van der Waals surface area (Å²) in [6, 6.07) is 13.3. The van der Waals surface area contributed by atoms with Crippen molar-refractivity contribution in [2.24, 2.45) is 0 Å². The molecule has 2 aromatic rings. The lowest BCUT2D eigenvalue weighted by atomic mass is 9.93. The third-order valence-electron chi connectivity index (χ3n) is 5.02. The summed E-state index contributed by atoms with van der Waals surface area (Å²) >= 11 is 0. The van der Waals surface area contributed by atoms with Crippen molar-refractivity contribution < 1.29 is 14.3 Å². The average Bonchev–Trinajstić information content (AvgIpc) is 2.76. The summed E-state index contributed by atoms with van der Waals surface area (Å²) in [5.41, 5.74) is 1.67. The zero-order chi connectivity index (χ0) is 20.5. The molecule has 7 heteroatoms. The number of amides is 2. The molecule has 2 amide bonds. The number of urea groups is 1. The standard InChI is InChI=1S/C22H26N4O3/c1-28-19-7-2-16(3-8-19)12-13-24-22(27)26-18-5-9-20(10-6-18)29-21-11-4-17(14-23)15-25-21/h2-4,7-8,11,15,18,20H,5-6,9-10,12-13H2,1H3,(H2,24,26,27). The highest BCUT2D eigenvalue weighted by Crippen LogP contribution is 2.23. The minimum absolute atomic E-state index is 0.0895. The maximum Gasteiger partial charge on any atom is 0.315 e. The third-order valence-corrected chi connectivity index (χ3v) is 5.02. The Balaban J connectivity index is 1.33. The number of hydrogen-bond acceptors (Lipinski definition) is 5. The first-order valence-corrected chi connectivity index (χ1v) is 9.86. The monoisotopic (exact) mass is 394 g/mol. The topological polar surface area (TPSA) is 96.3 Å². The largest absolute Gasteiger partial charge is 0.497 e. The zero-order valence-corrected chi connectivity index (χ0v) is 16.6. The van der Waals surface area contributed by atoms with Crippen LogP contribution in [-0.4, -0.2) is 36.8 Å². The van der Waals surface area contributed by atoms with Crippen molar-refractivity contribution in [3.63, 3.8) is 0 Å². The number of nitriles is 1. The number of hydrogen-bond donors (Lipinski definition) is 2. The number of carbonyl (C=O) groups is 1. The van der Waals surface area contributed by atoms with Crippen molar-refractivity contribution in [3.8, 4) is 17.7 Å². The van der Waals surface area contributed by atoms with E-state index in [1.807, 2.05) is 30.3 Å². The second-order valence-electron chi connectivity index (χ2n) is 7.09. The van der Waals surface area contributed by atoms with E-state index in [0.717, 1.165) is 43.4 Å². The predicted octanol–water partition coefficient (Wildman–Crippen LogP) is 3.19. The van der Waals surface area contributed by atoms with E-state index < -0.39 is 0 Å². The molecular weight excluding hydrogens is 368 g/mol. The minimum Gasteiger partial charge on any atom is -0.497 e. The van der Waals surface area contributed by atoms with Crippen molar-refractivity contribution >= 4 is 6.03 Å². The Morgan fingerprint density at radius 3 is 2.55 bits per heavy atom. The maximum atomic E-state index is 12.1. The van der Waals surface area contributed by atoms with Gasteiger partial charge in [0.25, 0.3) is 0 Å². The molecule has 1 aliphatic carbocycles. The molecule has 0 spiro atoms. The van der Waals surface area contributed by atoms with E-state index in [2.05, 4.69) is 15.6 Å². The molecular formula is C22H26N4O3. The van der Waals surface area contributed by atoms with Crippen LogP contribution in [0.3, 0.4) is 0 Å². The number of carbonyl (C=O) groups excluding carboxylic acids is 1. The summed E-state index contributed by atoms with van der Waals surface area (Å²) in [5.74, 6) is 1.37. The van der Waals surface area contributed by atoms with Crippen molar-refractivity contribution in [1.82, 2.24) is 15.6 Å². The van der Waals surface area contributed by atoms with Gasteiger partial charge in [0.2, 0.25) is 5.88 Å². The van der Waals surface area contributed by atoms with Crippen LogP contribution in [0.2, 0.25) is 0 Å². The summed E-state index contributed by atoms with van der Waals surface area (Å²) in [6.07, 6.45) is 5.83. The molecule has 0 atom stereocenters. The van der Waals surface area contributed by atoms with Crippen molar-refractivity contribution in [2.75, 3.05) is 13.7 Å². The molecule has 1 fully saturated rings. The van der Waals surface area contributed by atoms with E-state index in [1.165, 1.54) is 6.20 Å². The second-order valence-corrected chi connectivity index (χ2v) is 7.09. The highest BCUT2D eigenvalue weighted by molar-refractivity contribution is 5.74. The Hall–Kier alpha value is -3.27. The molecule has 0 bridgehead atoms. The number of aromatic nitrogens is 1. The van der Waals surface area contributed by atoms with Crippen LogP contribution in [0.5, 0.6) is 11.6 Å². The molecule has 7 nitrogen and oxygen atoms in total. The molecule has 3 rings (SSSR count). The van der Waals surface area contributed by atoms with Crippen molar-refractivity contribution in [2.45, 2.75) is 44.2 Å². The van der Waals surface area contributed by atoms with Gasteiger partial charge in [0.05, 0.1) is 12.7 Å². The Labute approximate surface area is 171 Å². The van der Waals surface area contributed by atoms with Gasteiger partial charge in [-0.1, -0.05) is 12.1 Å². The van der Waals surface area contributed by atoms with Crippen LogP contribution in [0.4, 0.5) is 4.79 Å². The van der Waals surface area contributed by atoms with E-state index in [9.17, 15) is 4.79 Å². The number of benzene rings is 1. The molecule has 0 aliphatic heterocycles. The zero-order valence-electron chi connectivity index (χ0n) is 16.6. The van der Waals surface area contributed by atoms with Gasteiger partial charge in [0.1, 0.15) is 17.9 Å². The highest BCUT2D eigenvalue weighted by Gasteiger charge is 2.23. The van der Waals surface area contributed by atoms with E-state index >= 15 is 0 Å². The summed E-state index contributed by atoms with van der Waals surface area (Å²) in [7, 11) is 1.64. The summed E-state index contributed by atoms with van der Waals surface area (Å²) < 4.78 is 11.0. The normalized spacial score (nSPS) is 18.3. The molecule has 29 heavy (non-hydrogen) atoms. The fourth-order valence-corrected chi connectivity index (χ4v) is 3.36. The van der Waals surface area contributed by atoms with Crippen LogP contribution in [0.25, 0.3) is 0 Å². The van der Waals surface area contributed by atoms with Crippen LogP contribution in [-0.2, 0) is 6.42 Å². The van der Waals surface area contributed by atoms with E-state index in [4.69, 9.17) is 14.7 Å². The van der Waals surface area contributed by atoms with Gasteiger partial charge in [-0.2, -0.15) is 5.26 Å². The first kappa shape index (κ1) is 20.5. The number of pyridine rings is 1. The molecule has 1 saturated carbocycles. The molecule has 0 unspecified atom stereocenters. The van der Waals surface area contributed by atoms with Gasteiger partial charge in [0, 0.05) is 24.8 Å². The Morgan fingerprint density at radius 1 is 1.17 bits per heavy atom. The number of ether oxygens (including phenoxy) is 2.